The lowest BCUT2D eigenvalue weighted by molar-refractivity contribution is -0.0260. The molecule has 0 bridgehead atoms. The van der Waals surface area contributed by atoms with Crippen molar-refractivity contribution in [2.24, 2.45) is 11.3 Å². The van der Waals surface area contributed by atoms with Gasteiger partial charge in [-0.25, -0.2) is 17.5 Å². The summed E-state index contributed by atoms with van der Waals surface area (Å²) in [6.07, 6.45) is 9.83. The summed E-state index contributed by atoms with van der Waals surface area (Å²) in [7, 11) is -1.92. The molecule has 7 rings (SSSR count). The normalized spacial score (nSPS) is 23.9. The Bertz CT molecular complexity index is 1540. The van der Waals surface area contributed by atoms with E-state index in [-0.39, 0.29) is 11.9 Å². The Morgan fingerprint density at radius 1 is 1.00 bits per heavy atom. The van der Waals surface area contributed by atoms with Crippen molar-refractivity contribution in [3.63, 3.8) is 0 Å². The second-order valence-electron chi connectivity index (χ2n) is 11.7. The van der Waals surface area contributed by atoms with Crippen molar-refractivity contribution < 1.29 is 17.5 Å². The highest BCUT2D eigenvalue weighted by Crippen LogP contribution is 2.53. The van der Waals surface area contributed by atoms with Crippen molar-refractivity contribution in [1.82, 2.24) is 14.1 Å². The fourth-order valence-electron chi connectivity index (χ4n) is 7.15. The second-order valence-corrected chi connectivity index (χ2v) is 13.7. The molecule has 2 aliphatic heterocycles. The maximum Gasteiger partial charge on any atom is 0.243 e. The van der Waals surface area contributed by atoms with Crippen LogP contribution in [0.15, 0.2) is 65.2 Å². The molecule has 1 saturated carbocycles. The fraction of sp³-hybridized carbons (Fsp3) is 0.452. The molecule has 3 heterocycles. The maximum atomic E-state index is 14.0. The molecule has 2 atom stereocenters. The van der Waals surface area contributed by atoms with Crippen molar-refractivity contribution in [2.75, 3.05) is 38.2 Å². The van der Waals surface area contributed by atoms with Gasteiger partial charge in [0.25, 0.3) is 0 Å². The van der Waals surface area contributed by atoms with Crippen molar-refractivity contribution in [3.8, 4) is 5.69 Å². The minimum absolute atomic E-state index is 0.0726. The number of nitrogens with zero attached hydrogens (tertiary/aromatic N) is 4. The van der Waals surface area contributed by atoms with Crippen LogP contribution in [0.4, 0.5) is 10.1 Å². The van der Waals surface area contributed by atoms with Crippen molar-refractivity contribution in [1.29, 1.82) is 0 Å². The van der Waals surface area contributed by atoms with Crippen LogP contribution in [0.5, 0.6) is 0 Å². The van der Waals surface area contributed by atoms with Crippen LogP contribution in [-0.2, 0) is 21.2 Å². The number of benzene rings is 2. The van der Waals surface area contributed by atoms with Crippen LogP contribution < -0.4 is 4.90 Å². The Labute approximate surface area is 235 Å². The molecular formula is C31H35FN4O3S. The third kappa shape index (κ3) is 4.30. The topological polar surface area (TPSA) is 67.7 Å². The van der Waals surface area contributed by atoms with Crippen LogP contribution in [0.3, 0.4) is 0 Å². The number of rotatable bonds is 7. The number of halogens is 1. The first-order valence-corrected chi connectivity index (χ1v) is 15.7. The van der Waals surface area contributed by atoms with Crippen molar-refractivity contribution in [2.45, 2.75) is 49.5 Å². The molecule has 4 aliphatic rings. The van der Waals surface area contributed by atoms with Gasteiger partial charge in [-0.05, 0) is 105 Å². The number of hydrogen-bond donors (Lipinski definition) is 0. The quantitative estimate of drug-likeness (QED) is 0.403. The van der Waals surface area contributed by atoms with E-state index in [1.807, 2.05) is 23.0 Å². The van der Waals surface area contributed by atoms with Crippen LogP contribution >= 0.6 is 0 Å². The first kappa shape index (κ1) is 25.9. The highest BCUT2D eigenvalue weighted by atomic mass is 32.2. The summed E-state index contributed by atoms with van der Waals surface area (Å²) in [5, 5.41) is 4.66. The van der Waals surface area contributed by atoms with E-state index in [2.05, 4.69) is 16.1 Å². The molecule has 2 aliphatic carbocycles. The van der Waals surface area contributed by atoms with Gasteiger partial charge in [0, 0.05) is 44.4 Å². The highest BCUT2D eigenvalue weighted by Gasteiger charge is 2.54. The average Bonchev–Trinajstić information content (AvgIpc) is 3.48. The number of sulfonamides is 1. The van der Waals surface area contributed by atoms with E-state index in [1.54, 1.807) is 35.7 Å². The van der Waals surface area contributed by atoms with Gasteiger partial charge in [-0.2, -0.15) is 9.40 Å². The van der Waals surface area contributed by atoms with Gasteiger partial charge in [-0.3, -0.25) is 0 Å². The zero-order valence-electron chi connectivity index (χ0n) is 22.8. The summed E-state index contributed by atoms with van der Waals surface area (Å²) >= 11 is 0. The molecule has 0 amide bonds. The monoisotopic (exact) mass is 562 g/mol. The molecule has 40 heavy (non-hydrogen) atoms. The van der Waals surface area contributed by atoms with E-state index in [4.69, 9.17) is 4.74 Å². The SMILES string of the molecule is CO[C@H](C1CC1)C12Cc3cnn(-c4ccc(F)cc4)c3C=C1CCN(S(=O)(=O)c1ccc(N3CCCC3)cc1)C2. The summed E-state index contributed by atoms with van der Waals surface area (Å²) < 4.78 is 51.3. The predicted octanol–water partition coefficient (Wildman–Crippen LogP) is 5.06. The Balaban J connectivity index is 1.23. The Hall–Kier alpha value is -3.01. The smallest absolute Gasteiger partial charge is 0.243 e. The third-order valence-electron chi connectivity index (χ3n) is 9.30. The van der Waals surface area contributed by atoms with Gasteiger partial charge in [-0.1, -0.05) is 5.57 Å². The van der Waals surface area contributed by atoms with E-state index in [0.29, 0.717) is 36.7 Å². The summed E-state index contributed by atoms with van der Waals surface area (Å²) in [6.45, 7) is 2.85. The van der Waals surface area contributed by atoms with E-state index in [9.17, 15) is 12.8 Å². The maximum absolute atomic E-state index is 14.0. The molecule has 2 saturated heterocycles. The summed E-state index contributed by atoms with van der Waals surface area (Å²) in [5.74, 6) is 0.137. The number of fused-ring (bicyclic) bond motifs is 2. The number of anilines is 1. The first-order valence-electron chi connectivity index (χ1n) is 14.3. The average molecular weight is 563 g/mol. The van der Waals surface area contributed by atoms with E-state index in [1.165, 1.54) is 30.5 Å². The van der Waals surface area contributed by atoms with Gasteiger partial charge in [0.2, 0.25) is 10.0 Å². The lowest BCUT2D eigenvalue weighted by atomic mass is 9.64. The van der Waals surface area contributed by atoms with E-state index < -0.39 is 15.4 Å². The van der Waals surface area contributed by atoms with Gasteiger partial charge in [-0.15, -0.1) is 0 Å². The first-order chi connectivity index (χ1) is 19.4. The zero-order chi connectivity index (χ0) is 27.5. The van der Waals surface area contributed by atoms with Gasteiger partial charge in [0.1, 0.15) is 5.82 Å². The molecule has 0 radical (unpaired) electrons. The zero-order valence-corrected chi connectivity index (χ0v) is 23.6. The largest absolute Gasteiger partial charge is 0.380 e. The Kier molecular flexibility index (Phi) is 6.36. The molecule has 3 fully saturated rings. The lowest BCUT2D eigenvalue weighted by Crippen LogP contribution is -2.55. The predicted molar refractivity (Wildman–Crippen MR) is 152 cm³/mol. The summed E-state index contributed by atoms with van der Waals surface area (Å²) in [5.41, 5.74) is 4.69. The molecule has 7 nitrogen and oxygen atoms in total. The Morgan fingerprint density at radius 3 is 2.38 bits per heavy atom. The van der Waals surface area contributed by atoms with Gasteiger partial charge < -0.3 is 9.64 Å². The fourth-order valence-corrected chi connectivity index (χ4v) is 8.66. The van der Waals surface area contributed by atoms with Crippen molar-refractivity contribution >= 4 is 21.8 Å². The number of hydrogen-bond acceptors (Lipinski definition) is 5. The number of piperidine rings is 1. The van der Waals surface area contributed by atoms with Gasteiger partial charge >= 0.3 is 0 Å². The van der Waals surface area contributed by atoms with Crippen molar-refractivity contribution in [3.05, 3.63) is 77.4 Å². The summed E-state index contributed by atoms with van der Waals surface area (Å²) in [4.78, 5) is 2.66. The standard InChI is InChI=1S/C31H35FN4O3S/c1-39-30(22-4-5-22)31-19-23-20-33-36(27-8-6-25(32)7-9-27)29(23)18-24(31)14-17-35(21-31)40(37,38)28-12-10-26(11-13-28)34-15-2-3-16-34/h6-13,18,20,22,30H,2-5,14-17,19,21H2,1H3/t30-,31?/m1/s1. The molecule has 0 spiro atoms. The molecule has 210 valence electrons. The van der Waals surface area contributed by atoms with Crippen LogP contribution in [0.25, 0.3) is 11.8 Å². The third-order valence-corrected chi connectivity index (χ3v) is 11.2. The minimum atomic E-state index is -3.68. The molecule has 1 aromatic heterocycles. The molecule has 3 aromatic rings. The molecule has 9 heteroatoms. The summed E-state index contributed by atoms with van der Waals surface area (Å²) in [6, 6.07) is 13.8. The second kappa shape index (κ2) is 9.82. The molecular weight excluding hydrogens is 527 g/mol. The Morgan fingerprint density at radius 2 is 1.70 bits per heavy atom. The van der Waals surface area contributed by atoms with Gasteiger partial charge in [0.15, 0.2) is 0 Å². The molecule has 2 aromatic carbocycles. The number of aromatic nitrogens is 2. The molecule has 0 N–H and O–H groups in total. The van der Waals surface area contributed by atoms with Crippen LogP contribution in [0.1, 0.15) is 43.4 Å². The van der Waals surface area contributed by atoms with E-state index >= 15 is 0 Å². The number of ether oxygens (including phenoxy) is 1. The van der Waals surface area contributed by atoms with Gasteiger partial charge in [0.05, 0.1) is 28.6 Å². The van der Waals surface area contributed by atoms with Crippen LogP contribution in [-0.4, -0.2) is 61.9 Å². The lowest BCUT2D eigenvalue weighted by Gasteiger charge is -2.50. The van der Waals surface area contributed by atoms with Crippen LogP contribution in [0.2, 0.25) is 0 Å². The highest BCUT2D eigenvalue weighted by molar-refractivity contribution is 7.89. The van der Waals surface area contributed by atoms with Crippen LogP contribution in [0, 0.1) is 17.2 Å². The molecule has 1 unspecified atom stereocenters. The number of methoxy groups -OCH3 is 1. The van der Waals surface area contributed by atoms with E-state index in [0.717, 1.165) is 48.6 Å². The minimum Gasteiger partial charge on any atom is -0.380 e.